The van der Waals surface area contributed by atoms with Gasteiger partial charge in [0.2, 0.25) is 5.78 Å². The van der Waals surface area contributed by atoms with Crippen molar-refractivity contribution < 1.29 is 48.4 Å². The first kappa shape index (κ1) is 35.0. The number of hydrogen-bond donors (Lipinski definition) is 2. The number of carboxylic acids is 2. The maximum atomic E-state index is 13.4. The topological polar surface area (TPSA) is 154 Å². The van der Waals surface area contributed by atoms with Crippen LogP contribution in [0, 0.1) is 11.3 Å². The first-order valence-electron chi connectivity index (χ1n) is 14.9. The maximum Gasteiger partial charge on any atom is 0.329 e. The van der Waals surface area contributed by atoms with Crippen LogP contribution < -0.4 is 4.74 Å². The van der Waals surface area contributed by atoms with Crippen molar-refractivity contribution in [3.63, 3.8) is 0 Å². The fourth-order valence-electron chi connectivity index (χ4n) is 6.03. The van der Waals surface area contributed by atoms with Gasteiger partial charge in [0, 0.05) is 41.7 Å². The summed E-state index contributed by atoms with van der Waals surface area (Å²) < 4.78 is 16.6. The number of hydrogen-bond acceptors (Lipinski definition) is 9. The number of carbonyl (C=O) groups is 5. The summed E-state index contributed by atoms with van der Waals surface area (Å²) in [5.41, 5.74) is -0.563. The molecule has 0 aliphatic heterocycles. The Bertz CT molecular complexity index is 1100. The van der Waals surface area contributed by atoms with E-state index < -0.39 is 35.2 Å². The van der Waals surface area contributed by atoms with Gasteiger partial charge in [0.05, 0.1) is 5.92 Å². The van der Waals surface area contributed by atoms with Crippen LogP contribution in [0.4, 0.5) is 0 Å². The van der Waals surface area contributed by atoms with Crippen LogP contribution >= 0.6 is 23.4 Å². The monoisotopic (exact) mass is 640 g/mol. The van der Waals surface area contributed by atoms with E-state index >= 15 is 0 Å². The molecule has 0 aromatic heterocycles. The third kappa shape index (κ3) is 10.9. The molecule has 2 aliphatic rings. The molecule has 2 N–H and O–H groups in total. The van der Waals surface area contributed by atoms with Crippen molar-refractivity contribution in [2.45, 2.75) is 82.0 Å². The van der Waals surface area contributed by atoms with Gasteiger partial charge < -0.3 is 24.4 Å². The van der Waals surface area contributed by atoms with Crippen LogP contribution in [0.15, 0.2) is 24.3 Å². The van der Waals surface area contributed by atoms with Crippen LogP contribution in [0.1, 0.15) is 70.6 Å². The third-order valence-electron chi connectivity index (χ3n) is 8.13. The number of Topliss-reactive ketones (excluding diaryl/α,β-unsaturated/α-hetero) is 3. The van der Waals surface area contributed by atoms with Crippen molar-refractivity contribution in [2.24, 2.45) is 11.3 Å². The molecule has 43 heavy (non-hydrogen) atoms. The van der Waals surface area contributed by atoms with Gasteiger partial charge >= 0.3 is 11.9 Å². The average molecular weight is 641 g/mol. The zero-order valence-electron chi connectivity index (χ0n) is 24.3. The SMILES string of the molecule is O=C(O)COCCCCC1(CCCCOCC(=O)O)C(=O)CCC1SCCC(Oc1cccc(Cl)c1)C1CCC(=O)C1=O. The van der Waals surface area contributed by atoms with Gasteiger partial charge in [-0.25, -0.2) is 9.59 Å². The Kier molecular flexibility index (Phi) is 14.4. The van der Waals surface area contributed by atoms with E-state index in [1.54, 1.807) is 36.0 Å². The molecular weight excluding hydrogens is 600 g/mol. The van der Waals surface area contributed by atoms with E-state index in [0.29, 0.717) is 87.5 Å². The van der Waals surface area contributed by atoms with Crippen molar-refractivity contribution in [1.29, 1.82) is 0 Å². The lowest BCUT2D eigenvalue weighted by molar-refractivity contribution is -0.143. The Hall–Kier alpha value is -2.47. The summed E-state index contributed by atoms with van der Waals surface area (Å²) in [6, 6.07) is 6.96. The second kappa shape index (κ2) is 17.7. The quantitative estimate of drug-likeness (QED) is 0.137. The van der Waals surface area contributed by atoms with E-state index in [2.05, 4.69) is 0 Å². The second-order valence-electron chi connectivity index (χ2n) is 11.1. The molecular formula is C31H41ClO10S. The summed E-state index contributed by atoms with van der Waals surface area (Å²) in [6.07, 6.45) is 5.88. The molecule has 238 valence electrons. The number of carbonyl (C=O) groups excluding carboxylic acids is 3. The van der Waals surface area contributed by atoms with Crippen LogP contribution in [0.5, 0.6) is 5.75 Å². The predicted octanol–water partition coefficient (Wildman–Crippen LogP) is 5.02. The molecule has 0 saturated heterocycles. The van der Waals surface area contributed by atoms with Crippen molar-refractivity contribution in [3.8, 4) is 5.75 Å². The minimum atomic E-state index is -1.02. The van der Waals surface area contributed by atoms with Gasteiger partial charge in [-0.15, -0.1) is 0 Å². The summed E-state index contributed by atoms with van der Waals surface area (Å²) in [6.45, 7) is -0.110. The van der Waals surface area contributed by atoms with Crippen molar-refractivity contribution in [1.82, 2.24) is 0 Å². The normalized spacial score (nSPS) is 20.4. The van der Waals surface area contributed by atoms with E-state index in [1.165, 1.54) is 0 Å². The number of aliphatic carboxylic acids is 2. The fourth-order valence-corrected chi connectivity index (χ4v) is 7.83. The lowest BCUT2D eigenvalue weighted by atomic mass is 9.75. The Balaban J connectivity index is 1.65. The third-order valence-corrected chi connectivity index (χ3v) is 9.92. The molecule has 0 bridgehead atoms. The second-order valence-corrected chi connectivity index (χ2v) is 12.9. The van der Waals surface area contributed by atoms with E-state index in [4.69, 9.17) is 36.0 Å². The maximum absolute atomic E-state index is 13.4. The minimum Gasteiger partial charge on any atom is -0.490 e. The largest absolute Gasteiger partial charge is 0.490 e. The van der Waals surface area contributed by atoms with Gasteiger partial charge in [0.25, 0.3) is 0 Å². The molecule has 10 nitrogen and oxygen atoms in total. The van der Waals surface area contributed by atoms with E-state index in [-0.39, 0.29) is 36.5 Å². The van der Waals surface area contributed by atoms with Crippen LogP contribution in [0.2, 0.25) is 5.02 Å². The lowest BCUT2D eigenvalue weighted by Crippen LogP contribution is -2.36. The number of rotatable bonds is 21. The highest BCUT2D eigenvalue weighted by atomic mass is 35.5. The zero-order chi connectivity index (χ0) is 31.2. The van der Waals surface area contributed by atoms with Gasteiger partial charge in [0.15, 0.2) is 5.78 Å². The fraction of sp³-hybridized carbons (Fsp3) is 0.645. The molecule has 0 amide bonds. The Morgan fingerprint density at radius 3 is 2.16 bits per heavy atom. The van der Waals surface area contributed by atoms with Gasteiger partial charge in [-0.2, -0.15) is 11.8 Å². The summed E-state index contributed by atoms with van der Waals surface area (Å²) in [7, 11) is 0. The summed E-state index contributed by atoms with van der Waals surface area (Å²) in [5.74, 6) is -1.93. The van der Waals surface area contributed by atoms with Crippen LogP contribution in [-0.4, -0.2) is 83.0 Å². The van der Waals surface area contributed by atoms with E-state index in [0.717, 1.165) is 6.42 Å². The molecule has 3 rings (SSSR count). The molecule has 2 fully saturated rings. The van der Waals surface area contributed by atoms with Gasteiger partial charge in [0.1, 0.15) is 30.9 Å². The Labute approximate surface area is 261 Å². The first-order valence-corrected chi connectivity index (χ1v) is 16.3. The molecule has 2 saturated carbocycles. The highest BCUT2D eigenvalue weighted by Gasteiger charge is 2.49. The summed E-state index contributed by atoms with van der Waals surface area (Å²) in [5, 5.41) is 18.1. The molecule has 3 atom stereocenters. The smallest absolute Gasteiger partial charge is 0.329 e. The zero-order valence-corrected chi connectivity index (χ0v) is 25.9. The molecule has 0 radical (unpaired) electrons. The lowest BCUT2D eigenvalue weighted by Gasteiger charge is -2.35. The predicted molar refractivity (Wildman–Crippen MR) is 161 cm³/mol. The highest BCUT2D eigenvalue weighted by Crippen LogP contribution is 2.50. The van der Waals surface area contributed by atoms with Crippen LogP contribution in [0.3, 0.4) is 0 Å². The number of ether oxygens (including phenoxy) is 3. The standard InChI is InChI=1S/C31H41ClO10S/c32-21-6-5-7-22(18-21)42-25(23-8-9-24(33)30(23)39)12-17-43-27-11-10-26(34)31(27,13-1-3-15-40-19-28(35)36)14-2-4-16-41-20-29(37)38/h5-7,18,23,25,27H,1-4,8-17,19-20H2,(H,35,36)(H,37,38). The molecule has 0 heterocycles. The summed E-state index contributed by atoms with van der Waals surface area (Å²) in [4.78, 5) is 59.6. The molecule has 1 aromatic rings. The number of ketones is 3. The average Bonchev–Trinajstić information content (AvgIpc) is 3.45. The highest BCUT2D eigenvalue weighted by molar-refractivity contribution is 8.00. The molecule has 0 spiro atoms. The van der Waals surface area contributed by atoms with Crippen LogP contribution in [0.25, 0.3) is 0 Å². The van der Waals surface area contributed by atoms with E-state index in [1.807, 2.05) is 0 Å². The number of benzene rings is 1. The van der Waals surface area contributed by atoms with Gasteiger partial charge in [-0.1, -0.05) is 30.5 Å². The first-order chi connectivity index (χ1) is 20.6. The number of unbranched alkanes of at least 4 members (excludes halogenated alkanes) is 2. The number of thioether (sulfide) groups is 1. The van der Waals surface area contributed by atoms with Gasteiger partial charge in [-0.05, 0) is 68.9 Å². The van der Waals surface area contributed by atoms with Crippen molar-refractivity contribution in [3.05, 3.63) is 29.3 Å². The molecule has 3 unspecified atom stereocenters. The van der Waals surface area contributed by atoms with E-state index in [9.17, 15) is 24.0 Å². The Morgan fingerprint density at radius 1 is 0.953 bits per heavy atom. The van der Waals surface area contributed by atoms with Crippen LogP contribution in [-0.2, 0) is 33.4 Å². The number of halogens is 1. The molecule has 12 heteroatoms. The molecule has 2 aliphatic carbocycles. The number of carboxylic acid groups (broad SMARTS) is 2. The summed E-state index contributed by atoms with van der Waals surface area (Å²) >= 11 is 7.84. The van der Waals surface area contributed by atoms with Crippen molar-refractivity contribution in [2.75, 3.05) is 32.2 Å². The van der Waals surface area contributed by atoms with Crippen molar-refractivity contribution >= 4 is 52.7 Å². The Morgan fingerprint density at radius 2 is 1.60 bits per heavy atom. The minimum absolute atomic E-state index is 0.0487. The molecule has 1 aromatic carbocycles. The van der Waals surface area contributed by atoms with Gasteiger partial charge in [-0.3, -0.25) is 14.4 Å².